The van der Waals surface area contributed by atoms with Gasteiger partial charge in [0.05, 0.1) is 5.56 Å². The van der Waals surface area contributed by atoms with Crippen LogP contribution in [0.1, 0.15) is 39.9 Å². The third kappa shape index (κ3) is 8.37. The van der Waals surface area contributed by atoms with Crippen LogP contribution in [0.25, 0.3) is 33.4 Å². The normalized spacial score (nSPS) is 16.0. The number of pyridine rings is 2. The topological polar surface area (TPSA) is 93.7 Å². The van der Waals surface area contributed by atoms with Crippen LogP contribution in [0.3, 0.4) is 0 Å². The largest absolute Gasteiger partial charge is 0.383 e. The molecule has 262 valence electrons. The molecule has 0 radical (unpaired) electrons. The molecule has 2 aliphatic rings. The maximum atomic E-state index is 13.8. The van der Waals surface area contributed by atoms with E-state index < -0.39 is 0 Å². The first-order chi connectivity index (χ1) is 24.8. The number of rotatable bonds is 10. The van der Waals surface area contributed by atoms with Gasteiger partial charge in [0, 0.05) is 94.2 Å². The molecule has 0 unspecified atom stereocenters. The Morgan fingerprint density at radius 1 is 0.804 bits per heavy atom. The minimum Gasteiger partial charge on any atom is -0.383 e. The highest BCUT2D eigenvalue weighted by Gasteiger charge is 2.20. The molecule has 5 aromatic rings. The molecule has 0 amide bonds. The number of aryl methyl sites for hydroxylation is 1. The van der Waals surface area contributed by atoms with Crippen molar-refractivity contribution in [2.45, 2.75) is 39.3 Å². The number of ether oxygens (including phenoxy) is 1. The first kappa shape index (κ1) is 34.6. The number of piperazine rings is 1. The van der Waals surface area contributed by atoms with E-state index in [2.05, 4.69) is 52.2 Å². The molecular weight excluding hydrogens is 635 g/mol. The van der Waals surface area contributed by atoms with Crippen molar-refractivity contribution in [3.63, 3.8) is 0 Å². The van der Waals surface area contributed by atoms with Gasteiger partial charge in [0.15, 0.2) is 11.2 Å². The van der Waals surface area contributed by atoms with E-state index >= 15 is 0 Å². The second-order valence-corrected chi connectivity index (χ2v) is 14.3. The first-order valence-corrected chi connectivity index (χ1v) is 18.1. The maximum absolute atomic E-state index is 13.8. The summed E-state index contributed by atoms with van der Waals surface area (Å²) in [4.78, 5) is 37.0. The zero-order valence-corrected chi connectivity index (χ0v) is 29.7. The van der Waals surface area contributed by atoms with Gasteiger partial charge in [-0.1, -0.05) is 78.4 Å². The van der Waals surface area contributed by atoms with Crippen molar-refractivity contribution in [3.8, 4) is 33.4 Å². The van der Waals surface area contributed by atoms with Gasteiger partial charge in [-0.15, -0.1) is 0 Å². The van der Waals surface area contributed by atoms with Crippen LogP contribution in [0, 0.1) is 12.8 Å². The van der Waals surface area contributed by atoms with E-state index in [4.69, 9.17) is 10.5 Å². The molecule has 0 atom stereocenters. The monoisotopic (exact) mass is 681 g/mol. The summed E-state index contributed by atoms with van der Waals surface area (Å²) in [6, 6.07) is 26.5. The Labute approximate surface area is 300 Å². The van der Waals surface area contributed by atoms with Crippen LogP contribution in [0.2, 0.25) is 0 Å². The Bertz CT molecular complexity index is 2020. The molecule has 8 nitrogen and oxygen atoms in total. The van der Waals surface area contributed by atoms with Crippen LogP contribution in [0.4, 0.5) is 5.82 Å². The van der Waals surface area contributed by atoms with Gasteiger partial charge in [-0.3, -0.25) is 14.5 Å². The number of hydrogen-bond donors (Lipinski definition) is 1. The molecule has 2 fully saturated rings. The van der Waals surface area contributed by atoms with Crippen molar-refractivity contribution in [1.82, 2.24) is 19.4 Å². The van der Waals surface area contributed by atoms with Crippen molar-refractivity contribution >= 4 is 11.6 Å². The fraction of sp³-hybridized carbons (Fsp3) is 0.326. The standard InChI is InChI=1S/C43H47N5O3/c1-30-3-9-36(10-4-30)39-28-48(27-33-15-21-51-22-16-33)29-40(42(39)50)41(49)23-31-5-13-35(14-6-31)38-24-37(25-45-43(38)44)34-11-7-32(8-12-34)26-47-19-17-46(2)18-20-47/h3-14,24-25,28-29,33H,15-23,26-27H2,1-2H3,(H2,44,45). The summed E-state index contributed by atoms with van der Waals surface area (Å²) >= 11 is 0. The summed E-state index contributed by atoms with van der Waals surface area (Å²) in [5, 5.41) is 0. The Kier molecular flexibility index (Phi) is 10.5. The number of nitrogen functional groups attached to an aromatic ring is 1. The number of nitrogens with two attached hydrogens (primary N) is 1. The predicted octanol–water partition coefficient (Wildman–Crippen LogP) is 6.73. The summed E-state index contributed by atoms with van der Waals surface area (Å²) in [6.45, 7) is 9.61. The van der Waals surface area contributed by atoms with Crippen LogP contribution in [0.5, 0.6) is 0 Å². The van der Waals surface area contributed by atoms with E-state index in [1.165, 1.54) is 5.56 Å². The van der Waals surface area contributed by atoms with Gasteiger partial charge in [0.25, 0.3) is 0 Å². The van der Waals surface area contributed by atoms with Crippen LogP contribution < -0.4 is 11.2 Å². The van der Waals surface area contributed by atoms with Gasteiger partial charge >= 0.3 is 0 Å². The van der Waals surface area contributed by atoms with Gasteiger partial charge in [-0.05, 0) is 66.6 Å². The predicted molar refractivity (Wildman–Crippen MR) is 205 cm³/mol. The molecule has 3 aromatic carbocycles. The second kappa shape index (κ2) is 15.6. The molecule has 4 heterocycles. The van der Waals surface area contributed by atoms with Crippen molar-refractivity contribution in [2.75, 3.05) is 52.2 Å². The third-order valence-electron chi connectivity index (χ3n) is 10.4. The highest BCUT2D eigenvalue weighted by molar-refractivity contribution is 5.98. The number of nitrogens with zero attached hydrogens (tertiary/aromatic N) is 4. The lowest BCUT2D eigenvalue weighted by Crippen LogP contribution is -2.43. The lowest BCUT2D eigenvalue weighted by molar-refractivity contribution is 0.0612. The summed E-state index contributed by atoms with van der Waals surface area (Å²) in [6.07, 6.45) is 7.54. The zero-order valence-electron chi connectivity index (χ0n) is 29.7. The quantitative estimate of drug-likeness (QED) is 0.163. The van der Waals surface area contributed by atoms with E-state index in [1.807, 2.05) is 72.4 Å². The fourth-order valence-corrected chi connectivity index (χ4v) is 7.12. The van der Waals surface area contributed by atoms with E-state index in [-0.39, 0.29) is 23.2 Å². The van der Waals surface area contributed by atoms with Gasteiger partial charge in [0.2, 0.25) is 0 Å². The maximum Gasteiger partial charge on any atom is 0.200 e. The first-order valence-electron chi connectivity index (χ1n) is 18.1. The third-order valence-corrected chi connectivity index (χ3v) is 10.4. The zero-order chi connectivity index (χ0) is 35.3. The summed E-state index contributed by atoms with van der Waals surface area (Å²) in [5.74, 6) is 0.698. The summed E-state index contributed by atoms with van der Waals surface area (Å²) in [7, 11) is 2.18. The van der Waals surface area contributed by atoms with Crippen LogP contribution in [0.15, 0.2) is 102 Å². The minimum atomic E-state index is -0.230. The highest BCUT2D eigenvalue weighted by Crippen LogP contribution is 2.30. The van der Waals surface area contributed by atoms with E-state index in [0.717, 1.165) is 104 Å². The van der Waals surface area contributed by atoms with Crippen LogP contribution >= 0.6 is 0 Å². The molecule has 0 saturated carbocycles. The number of ketones is 1. The average molecular weight is 682 g/mol. The number of anilines is 1. The average Bonchev–Trinajstić information content (AvgIpc) is 3.15. The Hall–Kier alpha value is -4.89. The molecule has 0 aliphatic carbocycles. The Morgan fingerprint density at radius 2 is 1.43 bits per heavy atom. The van der Waals surface area contributed by atoms with Crippen molar-refractivity contribution in [1.29, 1.82) is 0 Å². The van der Waals surface area contributed by atoms with Crippen molar-refractivity contribution in [3.05, 3.63) is 130 Å². The van der Waals surface area contributed by atoms with E-state index in [0.29, 0.717) is 17.3 Å². The van der Waals surface area contributed by atoms with Gasteiger partial charge in [0.1, 0.15) is 5.82 Å². The van der Waals surface area contributed by atoms with Crippen molar-refractivity contribution < 1.29 is 9.53 Å². The van der Waals surface area contributed by atoms with Gasteiger partial charge < -0.3 is 19.9 Å². The van der Waals surface area contributed by atoms with Gasteiger partial charge in [-0.25, -0.2) is 4.98 Å². The molecule has 2 N–H and O–H groups in total. The Balaban J connectivity index is 1.08. The Morgan fingerprint density at radius 3 is 2.14 bits per heavy atom. The van der Waals surface area contributed by atoms with E-state index in [9.17, 15) is 9.59 Å². The SMILES string of the molecule is Cc1ccc(-c2cn(CC3CCOCC3)cc(C(=O)Cc3ccc(-c4cc(-c5ccc(CN6CCN(C)CC6)cc5)cnc4N)cc3)c2=O)cc1. The lowest BCUT2D eigenvalue weighted by atomic mass is 9.96. The molecule has 0 bridgehead atoms. The number of Topliss-reactive ketones (excluding diaryl/α,β-unsaturated/α-hetero) is 1. The molecule has 2 aliphatic heterocycles. The van der Waals surface area contributed by atoms with Crippen LogP contribution in [-0.4, -0.2) is 71.6 Å². The molecule has 7 rings (SSSR count). The second-order valence-electron chi connectivity index (χ2n) is 14.3. The smallest absolute Gasteiger partial charge is 0.200 e. The highest BCUT2D eigenvalue weighted by atomic mass is 16.5. The summed E-state index contributed by atoms with van der Waals surface area (Å²) in [5.41, 5.74) is 14.8. The number of aromatic nitrogens is 2. The number of benzene rings is 3. The van der Waals surface area contributed by atoms with Gasteiger partial charge in [-0.2, -0.15) is 0 Å². The van der Waals surface area contributed by atoms with Crippen molar-refractivity contribution in [2.24, 2.45) is 5.92 Å². The molecule has 2 aromatic heterocycles. The molecule has 2 saturated heterocycles. The number of carbonyl (C=O) groups is 1. The fourth-order valence-electron chi connectivity index (χ4n) is 7.12. The number of hydrogen-bond acceptors (Lipinski definition) is 7. The van der Waals surface area contributed by atoms with E-state index in [1.54, 1.807) is 6.20 Å². The molecule has 8 heteroatoms. The number of likely N-dealkylation sites (N-methyl/N-ethyl adjacent to an activating group) is 1. The molecule has 51 heavy (non-hydrogen) atoms. The minimum absolute atomic E-state index is 0.123. The molecule has 0 spiro atoms. The number of carbonyl (C=O) groups excluding carboxylic acids is 1. The molecular formula is C43H47N5O3. The summed E-state index contributed by atoms with van der Waals surface area (Å²) < 4.78 is 7.59. The lowest BCUT2D eigenvalue weighted by Gasteiger charge is -2.32. The van der Waals surface area contributed by atoms with Crippen LogP contribution in [-0.2, 0) is 24.2 Å².